The second-order valence-electron chi connectivity index (χ2n) is 2.54. The van der Waals surface area contributed by atoms with Crippen LogP contribution in [-0.4, -0.2) is 15.1 Å². The van der Waals surface area contributed by atoms with Crippen LogP contribution in [0.2, 0.25) is 0 Å². The first-order chi connectivity index (χ1) is 7.25. The van der Waals surface area contributed by atoms with Gasteiger partial charge in [-0.1, -0.05) is 0 Å². The van der Waals surface area contributed by atoms with Crippen LogP contribution in [0.4, 0.5) is 5.88 Å². The molecule has 0 N–H and O–H groups in total. The molecule has 2 aromatic heterocycles. The van der Waals surface area contributed by atoms with Gasteiger partial charge in [-0.3, -0.25) is 10.1 Å². The highest BCUT2D eigenvalue weighted by Gasteiger charge is 2.09. The third kappa shape index (κ3) is 2.08. The summed E-state index contributed by atoms with van der Waals surface area (Å²) in [6, 6.07) is 2.75. The highest BCUT2D eigenvalue weighted by molar-refractivity contribution is 5.63. The number of hydrogen-bond donors (Lipinski definition) is 0. The molecule has 0 aliphatic carbocycles. The molecule has 0 bridgehead atoms. The molecule has 0 atom stereocenters. The molecule has 76 valence electrons. The van der Waals surface area contributed by atoms with Gasteiger partial charge < -0.3 is 8.83 Å². The second-order valence-corrected chi connectivity index (χ2v) is 2.54. The number of hydrogen-bond acceptors (Lipinski definition) is 6. The number of nitro groups is 1. The van der Waals surface area contributed by atoms with Gasteiger partial charge in [0.25, 0.3) is 0 Å². The zero-order chi connectivity index (χ0) is 10.7. The van der Waals surface area contributed by atoms with Crippen LogP contribution in [0.3, 0.4) is 0 Å². The summed E-state index contributed by atoms with van der Waals surface area (Å²) < 4.78 is 9.69. The Morgan fingerprint density at radius 3 is 2.87 bits per heavy atom. The summed E-state index contributed by atoms with van der Waals surface area (Å²) in [6.07, 6.45) is 4.18. The maximum atomic E-state index is 10.3. The highest BCUT2D eigenvalue weighted by Crippen LogP contribution is 2.17. The lowest BCUT2D eigenvalue weighted by Gasteiger charge is -1.82. The van der Waals surface area contributed by atoms with Gasteiger partial charge in [0, 0.05) is 6.08 Å². The lowest BCUT2D eigenvalue weighted by atomic mass is 10.4. The Bertz CT molecular complexity index is 486. The van der Waals surface area contributed by atoms with E-state index in [1.807, 2.05) is 0 Å². The lowest BCUT2D eigenvalue weighted by molar-refractivity contribution is -0.402. The molecule has 0 aromatic carbocycles. The summed E-state index contributed by atoms with van der Waals surface area (Å²) in [5.74, 6) is 0.342. The van der Waals surface area contributed by atoms with E-state index in [9.17, 15) is 10.1 Å². The van der Waals surface area contributed by atoms with Crippen LogP contribution in [0, 0.1) is 10.1 Å². The van der Waals surface area contributed by atoms with E-state index in [2.05, 4.69) is 10.2 Å². The summed E-state index contributed by atoms with van der Waals surface area (Å²) >= 11 is 0. The van der Waals surface area contributed by atoms with Gasteiger partial charge in [-0.2, -0.15) is 0 Å². The molecule has 0 fully saturated rings. The monoisotopic (exact) mass is 207 g/mol. The summed E-state index contributed by atoms with van der Waals surface area (Å²) in [6.45, 7) is 0. The molecule has 15 heavy (non-hydrogen) atoms. The van der Waals surface area contributed by atoms with Gasteiger partial charge in [-0.25, -0.2) is 0 Å². The molecule has 2 rings (SSSR count). The molecule has 2 heterocycles. The summed E-state index contributed by atoms with van der Waals surface area (Å²) in [7, 11) is 0. The van der Waals surface area contributed by atoms with E-state index < -0.39 is 4.92 Å². The van der Waals surface area contributed by atoms with E-state index in [0.717, 1.165) is 0 Å². The van der Waals surface area contributed by atoms with Gasteiger partial charge in [0.15, 0.2) is 0 Å². The number of aromatic nitrogens is 2. The predicted octanol–water partition coefficient (Wildman–Crippen LogP) is 1.74. The molecule has 0 aliphatic heterocycles. The minimum absolute atomic E-state index is 0.300. The van der Waals surface area contributed by atoms with Crippen molar-refractivity contribution < 1.29 is 13.8 Å². The molecule has 0 saturated carbocycles. The van der Waals surface area contributed by atoms with Gasteiger partial charge in [-0.15, -0.1) is 10.2 Å². The fraction of sp³-hybridized carbons (Fsp3) is 0. The average molecular weight is 207 g/mol. The minimum Gasteiger partial charge on any atom is -0.424 e. The minimum atomic E-state index is -0.607. The molecule has 0 saturated heterocycles. The number of nitrogens with zero attached hydrogens (tertiary/aromatic N) is 3. The standard InChI is InChI=1S/C8H5N3O4/c12-11(13)8-4-2-6(15-8)1-3-7-10-9-5-14-7/h1-5H. The molecule has 0 amide bonds. The maximum Gasteiger partial charge on any atom is 0.433 e. The fourth-order valence-corrected chi connectivity index (χ4v) is 0.938. The van der Waals surface area contributed by atoms with Gasteiger partial charge in [0.1, 0.15) is 10.7 Å². The average Bonchev–Trinajstić information content (AvgIpc) is 2.86. The Balaban J connectivity index is 2.14. The topological polar surface area (TPSA) is 95.2 Å². The number of furan rings is 1. The Hall–Kier alpha value is -2.44. The fourth-order valence-electron chi connectivity index (χ4n) is 0.938. The molecule has 0 radical (unpaired) electrons. The van der Waals surface area contributed by atoms with E-state index in [4.69, 9.17) is 8.83 Å². The van der Waals surface area contributed by atoms with Crippen molar-refractivity contribution in [3.63, 3.8) is 0 Å². The quantitative estimate of drug-likeness (QED) is 0.561. The van der Waals surface area contributed by atoms with Crippen LogP contribution in [0.1, 0.15) is 11.7 Å². The Morgan fingerprint density at radius 2 is 2.27 bits per heavy atom. The van der Waals surface area contributed by atoms with Gasteiger partial charge in [-0.05, 0) is 12.1 Å². The zero-order valence-electron chi connectivity index (χ0n) is 7.36. The first-order valence-electron chi connectivity index (χ1n) is 3.94. The van der Waals surface area contributed by atoms with Crippen molar-refractivity contribution in [3.05, 3.63) is 40.3 Å². The zero-order valence-corrected chi connectivity index (χ0v) is 7.36. The van der Waals surface area contributed by atoms with Gasteiger partial charge >= 0.3 is 5.88 Å². The van der Waals surface area contributed by atoms with Crippen LogP contribution in [0.5, 0.6) is 0 Å². The van der Waals surface area contributed by atoms with E-state index in [1.165, 1.54) is 30.7 Å². The third-order valence-corrected chi connectivity index (χ3v) is 1.56. The van der Waals surface area contributed by atoms with Crippen molar-refractivity contribution in [2.24, 2.45) is 0 Å². The van der Waals surface area contributed by atoms with Crippen molar-refractivity contribution in [1.82, 2.24) is 10.2 Å². The van der Waals surface area contributed by atoms with Crippen LogP contribution in [0.25, 0.3) is 12.2 Å². The second kappa shape index (κ2) is 3.74. The summed E-state index contributed by atoms with van der Waals surface area (Å²) in [5, 5.41) is 17.3. The normalized spacial score (nSPS) is 10.9. The molecule has 0 unspecified atom stereocenters. The highest BCUT2D eigenvalue weighted by atomic mass is 16.6. The van der Waals surface area contributed by atoms with E-state index >= 15 is 0 Å². The van der Waals surface area contributed by atoms with Gasteiger partial charge in [0.2, 0.25) is 12.3 Å². The first kappa shape index (κ1) is 9.13. The van der Waals surface area contributed by atoms with Crippen LogP contribution >= 0.6 is 0 Å². The SMILES string of the molecule is O=[N+]([O-])c1ccc(C=Cc2nnco2)o1. The third-order valence-electron chi connectivity index (χ3n) is 1.56. The Morgan fingerprint density at radius 1 is 1.40 bits per heavy atom. The van der Waals surface area contributed by atoms with Crippen LogP contribution in [-0.2, 0) is 0 Å². The van der Waals surface area contributed by atoms with Crippen molar-refractivity contribution >= 4 is 18.0 Å². The molecular formula is C8H5N3O4. The largest absolute Gasteiger partial charge is 0.433 e. The van der Waals surface area contributed by atoms with E-state index in [1.54, 1.807) is 0 Å². The van der Waals surface area contributed by atoms with Crippen molar-refractivity contribution in [3.8, 4) is 0 Å². The predicted molar refractivity (Wildman–Crippen MR) is 48.6 cm³/mol. The first-order valence-corrected chi connectivity index (χ1v) is 3.94. The molecule has 0 spiro atoms. The lowest BCUT2D eigenvalue weighted by Crippen LogP contribution is -1.82. The van der Waals surface area contributed by atoms with Crippen molar-refractivity contribution in [2.75, 3.05) is 0 Å². The molecule has 7 nitrogen and oxygen atoms in total. The summed E-state index contributed by atoms with van der Waals surface area (Å²) in [5.41, 5.74) is 0. The Labute approximate surface area is 83.2 Å². The Kier molecular flexibility index (Phi) is 2.28. The van der Waals surface area contributed by atoms with E-state index in [-0.39, 0.29) is 5.88 Å². The molecular weight excluding hydrogens is 202 g/mol. The molecule has 7 heteroatoms. The smallest absolute Gasteiger partial charge is 0.424 e. The molecule has 2 aromatic rings. The maximum absolute atomic E-state index is 10.3. The summed E-state index contributed by atoms with van der Waals surface area (Å²) in [4.78, 5) is 9.69. The van der Waals surface area contributed by atoms with Crippen molar-refractivity contribution in [2.45, 2.75) is 0 Å². The number of rotatable bonds is 3. The van der Waals surface area contributed by atoms with Crippen molar-refractivity contribution in [1.29, 1.82) is 0 Å². The van der Waals surface area contributed by atoms with Crippen LogP contribution < -0.4 is 0 Å². The van der Waals surface area contributed by atoms with Crippen LogP contribution in [0.15, 0.2) is 27.4 Å². The van der Waals surface area contributed by atoms with E-state index in [0.29, 0.717) is 11.7 Å². The van der Waals surface area contributed by atoms with Gasteiger partial charge in [0.05, 0.1) is 6.07 Å². The molecule has 0 aliphatic rings.